The van der Waals surface area contributed by atoms with Crippen molar-refractivity contribution in [3.05, 3.63) is 29.8 Å². The highest BCUT2D eigenvalue weighted by Crippen LogP contribution is 2.26. The molecule has 0 radical (unpaired) electrons. The van der Waals surface area contributed by atoms with Gasteiger partial charge in [0.05, 0.1) is 18.7 Å². The molecular weight excluding hydrogens is 456 g/mol. The van der Waals surface area contributed by atoms with Gasteiger partial charge in [0, 0.05) is 69.7 Å². The molecule has 2 N–H and O–H groups in total. The van der Waals surface area contributed by atoms with Crippen molar-refractivity contribution >= 4 is 34.2 Å². The number of ether oxygens (including phenoxy) is 1. The van der Waals surface area contributed by atoms with Crippen molar-refractivity contribution < 1.29 is 14.3 Å². The number of morpholine rings is 1. The molecule has 0 bridgehead atoms. The highest BCUT2D eigenvalue weighted by Gasteiger charge is 2.18. The Kier molecular flexibility index (Phi) is 9.49. The zero-order valence-electron chi connectivity index (χ0n) is 21.7. The summed E-state index contributed by atoms with van der Waals surface area (Å²) < 4.78 is 5.35. The Bertz CT molecular complexity index is 1030. The Labute approximate surface area is 214 Å². The summed E-state index contributed by atoms with van der Waals surface area (Å²) in [6.45, 7) is 14.5. The SMILES string of the molecule is CCN1CCN(c2cc(C)c3cc(NC(=O)CCC(=O)NCCCN4CCOCC4)ccc3n2)CC1. The van der Waals surface area contributed by atoms with Crippen molar-refractivity contribution in [1.29, 1.82) is 0 Å². The third-order valence-corrected chi connectivity index (χ3v) is 7.09. The van der Waals surface area contributed by atoms with E-state index in [4.69, 9.17) is 9.72 Å². The zero-order chi connectivity index (χ0) is 25.3. The molecule has 0 spiro atoms. The van der Waals surface area contributed by atoms with Crippen molar-refractivity contribution in [3.63, 3.8) is 0 Å². The van der Waals surface area contributed by atoms with E-state index < -0.39 is 0 Å². The smallest absolute Gasteiger partial charge is 0.224 e. The minimum atomic E-state index is -0.158. The number of nitrogens with one attached hydrogen (secondary N) is 2. The number of hydrogen-bond acceptors (Lipinski definition) is 7. The maximum atomic E-state index is 12.5. The predicted octanol–water partition coefficient (Wildman–Crippen LogP) is 2.24. The van der Waals surface area contributed by atoms with Crippen LogP contribution in [0.2, 0.25) is 0 Å². The summed E-state index contributed by atoms with van der Waals surface area (Å²) in [6.07, 6.45) is 1.25. The van der Waals surface area contributed by atoms with E-state index in [2.05, 4.69) is 45.2 Å². The first-order chi connectivity index (χ1) is 17.5. The molecule has 196 valence electrons. The zero-order valence-corrected chi connectivity index (χ0v) is 21.7. The molecule has 36 heavy (non-hydrogen) atoms. The molecule has 2 aliphatic rings. The van der Waals surface area contributed by atoms with Gasteiger partial charge in [-0.05, 0) is 56.3 Å². The van der Waals surface area contributed by atoms with E-state index in [0.29, 0.717) is 6.54 Å². The van der Waals surface area contributed by atoms with E-state index >= 15 is 0 Å². The number of carbonyl (C=O) groups excluding carboxylic acids is 2. The fourth-order valence-electron chi connectivity index (χ4n) is 4.80. The van der Waals surface area contributed by atoms with Crippen LogP contribution in [0.15, 0.2) is 24.3 Å². The van der Waals surface area contributed by atoms with E-state index in [1.165, 1.54) is 0 Å². The van der Waals surface area contributed by atoms with E-state index in [1.54, 1.807) is 0 Å². The van der Waals surface area contributed by atoms with Crippen LogP contribution in [0.5, 0.6) is 0 Å². The second-order valence-corrected chi connectivity index (χ2v) is 9.66. The largest absolute Gasteiger partial charge is 0.379 e. The van der Waals surface area contributed by atoms with Crippen molar-refractivity contribution in [2.24, 2.45) is 0 Å². The van der Waals surface area contributed by atoms with Gasteiger partial charge in [0.15, 0.2) is 0 Å². The number of fused-ring (bicyclic) bond motifs is 1. The van der Waals surface area contributed by atoms with Gasteiger partial charge in [0.25, 0.3) is 0 Å². The van der Waals surface area contributed by atoms with Gasteiger partial charge in [-0.15, -0.1) is 0 Å². The molecule has 2 saturated heterocycles. The topological polar surface area (TPSA) is 90.0 Å². The molecule has 0 atom stereocenters. The first kappa shape index (κ1) is 26.3. The third kappa shape index (κ3) is 7.38. The van der Waals surface area contributed by atoms with Gasteiger partial charge in [-0.1, -0.05) is 6.92 Å². The average molecular weight is 497 g/mol. The number of aryl methyl sites for hydroxylation is 1. The highest BCUT2D eigenvalue weighted by atomic mass is 16.5. The number of hydrogen-bond donors (Lipinski definition) is 2. The maximum absolute atomic E-state index is 12.5. The summed E-state index contributed by atoms with van der Waals surface area (Å²) in [5, 5.41) is 6.88. The Morgan fingerprint density at radius 3 is 2.47 bits per heavy atom. The maximum Gasteiger partial charge on any atom is 0.224 e. The fourth-order valence-corrected chi connectivity index (χ4v) is 4.80. The minimum Gasteiger partial charge on any atom is -0.379 e. The van der Waals surface area contributed by atoms with Gasteiger partial charge in [-0.2, -0.15) is 0 Å². The molecular formula is C27H40N6O3. The van der Waals surface area contributed by atoms with Gasteiger partial charge in [-0.25, -0.2) is 4.98 Å². The highest BCUT2D eigenvalue weighted by molar-refractivity contribution is 5.96. The number of aromatic nitrogens is 1. The lowest BCUT2D eigenvalue weighted by molar-refractivity contribution is -0.124. The van der Waals surface area contributed by atoms with E-state index in [1.807, 2.05) is 18.2 Å². The van der Waals surface area contributed by atoms with Gasteiger partial charge >= 0.3 is 0 Å². The van der Waals surface area contributed by atoms with E-state index in [9.17, 15) is 9.59 Å². The van der Waals surface area contributed by atoms with Crippen LogP contribution in [0.1, 0.15) is 31.7 Å². The number of pyridine rings is 1. The number of nitrogens with zero attached hydrogens (tertiary/aromatic N) is 4. The number of benzene rings is 1. The van der Waals surface area contributed by atoms with Crippen molar-refractivity contribution in [2.45, 2.75) is 33.1 Å². The molecule has 3 heterocycles. The van der Waals surface area contributed by atoms with Crippen LogP contribution in [0.25, 0.3) is 10.9 Å². The predicted molar refractivity (Wildman–Crippen MR) is 144 cm³/mol. The molecule has 0 aliphatic carbocycles. The van der Waals surface area contributed by atoms with Crippen molar-refractivity contribution in [2.75, 3.05) is 82.3 Å². The number of rotatable bonds is 10. The quantitative estimate of drug-likeness (QED) is 0.488. The van der Waals surface area contributed by atoms with Crippen LogP contribution in [-0.4, -0.2) is 98.7 Å². The first-order valence-corrected chi connectivity index (χ1v) is 13.3. The van der Waals surface area contributed by atoms with Gasteiger partial charge in [-0.3, -0.25) is 14.5 Å². The summed E-state index contributed by atoms with van der Waals surface area (Å²) >= 11 is 0. The van der Waals surface area contributed by atoms with E-state index in [0.717, 1.165) is 100.0 Å². The van der Waals surface area contributed by atoms with Gasteiger partial charge in [0.1, 0.15) is 5.82 Å². The molecule has 4 rings (SSSR count). The fraction of sp³-hybridized carbons (Fsp3) is 0.593. The second kappa shape index (κ2) is 13.0. The Hall–Kier alpha value is -2.75. The molecule has 2 amide bonds. The van der Waals surface area contributed by atoms with Crippen LogP contribution in [0, 0.1) is 6.92 Å². The Morgan fingerprint density at radius 2 is 1.72 bits per heavy atom. The summed E-state index contributed by atoms with van der Waals surface area (Å²) in [5.74, 6) is 0.773. The minimum absolute atomic E-state index is 0.0852. The lowest BCUT2D eigenvalue weighted by Crippen LogP contribution is -2.46. The summed E-state index contributed by atoms with van der Waals surface area (Å²) in [5.41, 5.74) is 2.80. The molecule has 0 saturated carbocycles. The number of amides is 2. The van der Waals surface area contributed by atoms with Crippen LogP contribution in [-0.2, 0) is 14.3 Å². The van der Waals surface area contributed by atoms with E-state index in [-0.39, 0.29) is 24.7 Å². The van der Waals surface area contributed by atoms with Crippen molar-refractivity contribution in [1.82, 2.24) is 20.1 Å². The lowest BCUT2D eigenvalue weighted by Gasteiger charge is -2.35. The Morgan fingerprint density at radius 1 is 0.972 bits per heavy atom. The molecule has 1 aromatic carbocycles. The van der Waals surface area contributed by atoms with Gasteiger partial charge < -0.3 is 25.2 Å². The number of likely N-dealkylation sites (N-methyl/N-ethyl adjacent to an activating group) is 1. The molecule has 1 aromatic heterocycles. The number of piperazine rings is 1. The molecule has 9 nitrogen and oxygen atoms in total. The van der Waals surface area contributed by atoms with Crippen LogP contribution >= 0.6 is 0 Å². The monoisotopic (exact) mass is 496 g/mol. The normalized spacial score (nSPS) is 17.3. The third-order valence-electron chi connectivity index (χ3n) is 7.09. The van der Waals surface area contributed by atoms with Crippen LogP contribution < -0.4 is 15.5 Å². The van der Waals surface area contributed by atoms with Gasteiger partial charge in [0.2, 0.25) is 11.8 Å². The average Bonchev–Trinajstić information content (AvgIpc) is 2.91. The summed E-state index contributed by atoms with van der Waals surface area (Å²) in [6, 6.07) is 7.96. The summed E-state index contributed by atoms with van der Waals surface area (Å²) in [4.78, 5) is 36.6. The first-order valence-electron chi connectivity index (χ1n) is 13.3. The lowest BCUT2D eigenvalue weighted by atomic mass is 10.1. The summed E-state index contributed by atoms with van der Waals surface area (Å²) in [7, 11) is 0. The second-order valence-electron chi connectivity index (χ2n) is 9.66. The molecule has 2 aromatic rings. The Balaban J connectivity index is 1.22. The number of carbonyl (C=O) groups is 2. The standard InChI is InChI=1S/C27H40N6O3/c1-3-31-11-13-33(14-12-31)25-19-21(2)23-20-22(5-6-24(23)30-25)29-27(35)8-7-26(34)28-9-4-10-32-15-17-36-18-16-32/h5-6,19-20H,3-4,7-18H2,1-2H3,(H,28,34)(H,29,35). The van der Waals surface area contributed by atoms with Crippen molar-refractivity contribution in [3.8, 4) is 0 Å². The van der Waals surface area contributed by atoms with Crippen LogP contribution in [0.3, 0.4) is 0 Å². The molecule has 9 heteroatoms. The molecule has 2 aliphatic heterocycles. The molecule has 2 fully saturated rings. The molecule has 0 unspecified atom stereocenters. The number of anilines is 2. The van der Waals surface area contributed by atoms with Crippen LogP contribution in [0.4, 0.5) is 11.5 Å².